The van der Waals surface area contributed by atoms with Crippen LogP contribution in [0.15, 0.2) is 24.3 Å². The fourth-order valence-corrected chi connectivity index (χ4v) is 1.53. The van der Waals surface area contributed by atoms with Gasteiger partial charge in [0.1, 0.15) is 0 Å². The molecule has 1 aromatic carbocycles. The highest BCUT2D eigenvalue weighted by Gasteiger charge is 2.24. The first-order valence-electron chi connectivity index (χ1n) is 4.60. The second-order valence-corrected chi connectivity index (χ2v) is 3.47. The van der Waals surface area contributed by atoms with E-state index < -0.39 is 0 Å². The maximum atomic E-state index is 5.61. The van der Waals surface area contributed by atoms with Crippen molar-refractivity contribution in [2.75, 3.05) is 6.61 Å². The fraction of sp³-hybridized carbons (Fsp3) is 0.455. The molecule has 1 saturated heterocycles. The first-order valence-corrected chi connectivity index (χ1v) is 4.60. The summed E-state index contributed by atoms with van der Waals surface area (Å²) in [6.45, 7) is 4.79. The largest absolute Gasteiger partial charge is 0.346 e. The van der Waals surface area contributed by atoms with Crippen molar-refractivity contribution < 1.29 is 9.47 Å². The van der Waals surface area contributed by atoms with Crippen molar-refractivity contribution in [2.45, 2.75) is 26.2 Å². The summed E-state index contributed by atoms with van der Waals surface area (Å²) in [5.74, 6) is 0. The summed E-state index contributed by atoms with van der Waals surface area (Å²) in [5, 5.41) is 0. The van der Waals surface area contributed by atoms with E-state index in [2.05, 4.69) is 19.1 Å². The average molecular weight is 178 g/mol. The third-order valence-corrected chi connectivity index (χ3v) is 2.28. The van der Waals surface area contributed by atoms with E-state index in [1.807, 2.05) is 19.1 Å². The topological polar surface area (TPSA) is 18.5 Å². The Morgan fingerprint density at radius 3 is 2.69 bits per heavy atom. The molecule has 1 heterocycles. The number of hydrogen-bond acceptors (Lipinski definition) is 2. The third kappa shape index (κ3) is 1.74. The van der Waals surface area contributed by atoms with Crippen LogP contribution in [-0.2, 0) is 9.47 Å². The van der Waals surface area contributed by atoms with Gasteiger partial charge >= 0.3 is 0 Å². The van der Waals surface area contributed by atoms with E-state index in [0.717, 1.165) is 5.56 Å². The van der Waals surface area contributed by atoms with Crippen molar-refractivity contribution in [3.8, 4) is 0 Å². The summed E-state index contributed by atoms with van der Waals surface area (Å²) in [4.78, 5) is 0. The molecule has 0 spiro atoms. The van der Waals surface area contributed by atoms with Crippen molar-refractivity contribution in [2.24, 2.45) is 0 Å². The molecule has 0 amide bonds. The minimum atomic E-state index is -0.156. The van der Waals surface area contributed by atoms with Crippen LogP contribution in [-0.4, -0.2) is 12.7 Å². The molecule has 13 heavy (non-hydrogen) atoms. The Morgan fingerprint density at radius 2 is 2.08 bits per heavy atom. The highest BCUT2D eigenvalue weighted by atomic mass is 16.7. The van der Waals surface area contributed by atoms with Gasteiger partial charge in [-0.3, -0.25) is 0 Å². The van der Waals surface area contributed by atoms with E-state index in [4.69, 9.17) is 9.47 Å². The predicted octanol–water partition coefficient (Wildman–Crippen LogP) is 2.43. The average Bonchev–Trinajstić information content (AvgIpc) is 2.53. The van der Waals surface area contributed by atoms with Crippen LogP contribution < -0.4 is 0 Å². The second kappa shape index (κ2) is 3.48. The minimum Gasteiger partial charge on any atom is -0.346 e. The van der Waals surface area contributed by atoms with Gasteiger partial charge in [-0.05, 0) is 19.4 Å². The number of rotatable bonds is 1. The van der Waals surface area contributed by atoms with Crippen LogP contribution >= 0.6 is 0 Å². The molecule has 2 nitrogen and oxygen atoms in total. The predicted molar refractivity (Wildman–Crippen MR) is 50.4 cm³/mol. The fourth-order valence-electron chi connectivity index (χ4n) is 1.53. The molecule has 2 atom stereocenters. The van der Waals surface area contributed by atoms with Crippen molar-refractivity contribution in [1.82, 2.24) is 0 Å². The molecule has 1 fully saturated rings. The van der Waals surface area contributed by atoms with Gasteiger partial charge in [-0.1, -0.05) is 24.3 Å². The molecule has 1 aromatic rings. The Bertz CT molecular complexity index is 296. The Morgan fingerprint density at radius 1 is 1.31 bits per heavy atom. The normalized spacial score (nSPS) is 27.8. The first-order chi connectivity index (χ1) is 6.27. The molecule has 2 heteroatoms. The van der Waals surface area contributed by atoms with Gasteiger partial charge in [0, 0.05) is 5.56 Å². The van der Waals surface area contributed by atoms with Crippen LogP contribution in [0, 0.1) is 6.92 Å². The number of ether oxygens (including phenoxy) is 2. The number of aryl methyl sites for hydroxylation is 1. The van der Waals surface area contributed by atoms with Gasteiger partial charge in [-0.15, -0.1) is 0 Å². The Hall–Kier alpha value is -0.860. The lowest BCUT2D eigenvalue weighted by Crippen LogP contribution is -2.03. The molecular formula is C11H14O2. The summed E-state index contributed by atoms with van der Waals surface area (Å²) < 4.78 is 11.1. The zero-order valence-electron chi connectivity index (χ0n) is 7.99. The molecule has 0 saturated carbocycles. The molecule has 1 aliphatic rings. The van der Waals surface area contributed by atoms with Crippen molar-refractivity contribution >= 4 is 0 Å². The van der Waals surface area contributed by atoms with Crippen molar-refractivity contribution in [3.63, 3.8) is 0 Å². The monoisotopic (exact) mass is 178 g/mol. The van der Waals surface area contributed by atoms with Gasteiger partial charge in [0.15, 0.2) is 6.29 Å². The SMILES string of the molecule is Cc1ccccc1C1OCC(C)O1. The van der Waals surface area contributed by atoms with E-state index in [-0.39, 0.29) is 12.4 Å². The molecule has 2 unspecified atom stereocenters. The van der Waals surface area contributed by atoms with Gasteiger partial charge in [-0.2, -0.15) is 0 Å². The Balaban J connectivity index is 2.21. The van der Waals surface area contributed by atoms with Crippen LogP contribution in [0.5, 0.6) is 0 Å². The number of hydrogen-bond donors (Lipinski definition) is 0. The van der Waals surface area contributed by atoms with Gasteiger partial charge < -0.3 is 9.47 Å². The molecule has 70 valence electrons. The van der Waals surface area contributed by atoms with Gasteiger partial charge in [0.25, 0.3) is 0 Å². The summed E-state index contributed by atoms with van der Waals surface area (Å²) in [6.07, 6.45) is 0.0563. The molecule has 2 rings (SSSR count). The number of benzene rings is 1. The molecule has 0 aromatic heterocycles. The lowest BCUT2D eigenvalue weighted by Gasteiger charge is -2.12. The second-order valence-electron chi connectivity index (χ2n) is 3.47. The van der Waals surface area contributed by atoms with Crippen LogP contribution in [0.2, 0.25) is 0 Å². The zero-order valence-corrected chi connectivity index (χ0v) is 7.99. The molecular weight excluding hydrogens is 164 g/mol. The smallest absolute Gasteiger partial charge is 0.184 e. The van der Waals surface area contributed by atoms with E-state index in [1.165, 1.54) is 5.56 Å². The zero-order chi connectivity index (χ0) is 9.26. The van der Waals surface area contributed by atoms with Crippen LogP contribution in [0.25, 0.3) is 0 Å². The van der Waals surface area contributed by atoms with Crippen molar-refractivity contribution in [3.05, 3.63) is 35.4 Å². The van der Waals surface area contributed by atoms with Crippen LogP contribution in [0.4, 0.5) is 0 Å². The molecule has 0 radical (unpaired) electrons. The highest BCUT2D eigenvalue weighted by Crippen LogP contribution is 2.28. The standard InChI is InChI=1S/C11H14O2/c1-8-5-3-4-6-10(8)11-12-7-9(2)13-11/h3-6,9,11H,7H2,1-2H3. The van der Waals surface area contributed by atoms with E-state index in [0.29, 0.717) is 6.61 Å². The Labute approximate surface area is 78.5 Å². The summed E-state index contributed by atoms with van der Waals surface area (Å²) in [7, 11) is 0. The molecule has 0 N–H and O–H groups in total. The van der Waals surface area contributed by atoms with Crippen LogP contribution in [0.3, 0.4) is 0 Å². The van der Waals surface area contributed by atoms with Gasteiger partial charge in [-0.25, -0.2) is 0 Å². The van der Waals surface area contributed by atoms with Gasteiger partial charge in [0.05, 0.1) is 12.7 Å². The molecule has 1 aliphatic heterocycles. The van der Waals surface area contributed by atoms with Gasteiger partial charge in [0.2, 0.25) is 0 Å². The van der Waals surface area contributed by atoms with E-state index in [1.54, 1.807) is 0 Å². The minimum absolute atomic E-state index is 0.156. The summed E-state index contributed by atoms with van der Waals surface area (Å²) in [6, 6.07) is 8.17. The van der Waals surface area contributed by atoms with E-state index >= 15 is 0 Å². The lowest BCUT2D eigenvalue weighted by atomic mass is 10.1. The maximum Gasteiger partial charge on any atom is 0.184 e. The maximum absolute atomic E-state index is 5.61. The summed E-state index contributed by atoms with van der Waals surface area (Å²) >= 11 is 0. The molecule has 0 aliphatic carbocycles. The van der Waals surface area contributed by atoms with Crippen molar-refractivity contribution in [1.29, 1.82) is 0 Å². The third-order valence-electron chi connectivity index (χ3n) is 2.28. The quantitative estimate of drug-likeness (QED) is 0.657. The lowest BCUT2D eigenvalue weighted by molar-refractivity contribution is -0.0576. The Kier molecular flexibility index (Phi) is 2.34. The first kappa shape index (κ1) is 8.73. The highest BCUT2D eigenvalue weighted by molar-refractivity contribution is 5.26. The summed E-state index contributed by atoms with van der Waals surface area (Å²) in [5.41, 5.74) is 2.37. The van der Waals surface area contributed by atoms with Crippen LogP contribution in [0.1, 0.15) is 24.3 Å². The van der Waals surface area contributed by atoms with E-state index in [9.17, 15) is 0 Å². The molecule has 0 bridgehead atoms.